The van der Waals surface area contributed by atoms with Gasteiger partial charge in [0.15, 0.2) is 0 Å². The van der Waals surface area contributed by atoms with Gasteiger partial charge in [-0.05, 0) is 18.4 Å². The van der Waals surface area contributed by atoms with Crippen molar-refractivity contribution in [1.82, 2.24) is 10.6 Å². The maximum absolute atomic E-state index is 12.6. The van der Waals surface area contributed by atoms with E-state index in [-0.39, 0.29) is 18.4 Å². The van der Waals surface area contributed by atoms with E-state index in [0.29, 0.717) is 6.42 Å². The van der Waals surface area contributed by atoms with Gasteiger partial charge in [-0.25, -0.2) is 4.79 Å². The molecule has 1 rings (SSSR count). The van der Waals surface area contributed by atoms with Crippen LogP contribution in [0.3, 0.4) is 0 Å². The molecule has 0 fully saturated rings. The summed E-state index contributed by atoms with van der Waals surface area (Å²) in [5.74, 6) is -1.30. The number of benzene rings is 1. The van der Waals surface area contributed by atoms with Gasteiger partial charge in [-0.1, -0.05) is 44.2 Å². The van der Waals surface area contributed by atoms with E-state index in [4.69, 9.17) is 4.74 Å². The minimum Gasteiger partial charge on any atom is -0.464 e. The van der Waals surface area contributed by atoms with E-state index in [2.05, 4.69) is 10.6 Å². The summed E-state index contributed by atoms with van der Waals surface area (Å²) in [7, 11) is 0. The summed E-state index contributed by atoms with van der Waals surface area (Å²) in [6.45, 7) is 6.97. The number of rotatable bonds is 8. The van der Waals surface area contributed by atoms with Crippen LogP contribution in [-0.2, 0) is 25.5 Å². The molecule has 132 valence electrons. The van der Waals surface area contributed by atoms with Gasteiger partial charge in [-0.3, -0.25) is 9.59 Å². The second-order valence-electron chi connectivity index (χ2n) is 5.93. The Morgan fingerprint density at radius 1 is 1.08 bits per heavy atom. The first kappa shape index (κ1) is 19.7. The zero-order valence-corrected chi connectivity index (χ0v) is 14.7. The predicted molar refractivity (Wildman–Crippen MR) is 91.2 cm³/mol. The summed E-state index contributed by atoms with van der Waals surface area (Å²) < 4.78 is 5.00. The van der Waals surface area contributed by atoms with Gasteiger partial charge < -0.3 is 15.4 Å². The minimum atomic E-state index is -0.749. The number of esters is 1. The zero-order chi connectivity index (χ0) is 18.1. The van der Waals surface area contributed by atoms with Crippen molar-refractivity contribution in [3.63, 3.8) is 0 Å². The summed E-state index contributed by atoms with van der Waals surface area (Å²) in [4.78, 5) is 36.0. The molecule has 6 nitrogen and oxygen atoms in total. The Morgan fingerprint density at radius 2 is 1.71 bits per heavy atom. The van der Waals surface area contributed by atoms with E-state index in [1.54, 1.807) is 6.92 Å². The third-order valence-corrected chi connectivity index (χ3v) is 3.48. The molecule has 2 N–H and O–H groups in total. The number of hydrogen-bond acceptors (Lipinski definition) is 4. The Bertz CT molecular complexity index is 557. The van der Waals surface area contributed by atoms with Gasteiger partial charge in [-0.2, -0.15) is 0 Å². The molecule has 24 heavy (non-hydrogen) atoms. The van der Waals surface area contributed by atoms with E-state index >= 15 is 0 Å². The second kappa shape index (κ2) is 9.70. The first-order valence-corrected chi connectivity index (χ1v) is 8.13. The topological polar surface area (TPSA) is 84.5 Å². The molecule has 2 amide bonds. The van der Waals surface area contributed by atoms with Gasteiger partial charge in [-0.15, -0.1) is 0 Å². The van der Waals surface area contributed by atoms with Crippen molar-refractivity contribution in [2.75, 3.05) is 6.61 Å². The van der Waals surface area contributed by atoms with Gasteiger partial charge >= 0.3 is 5.97 Å². The van der Waals surface area contributed by atoms with Gasteiger partial charge in [0, 0.05) is 13.3 Å². The summed E-state index contributed by atoms with van der Waals surface area (Å²) in [5.41, 5.74) is 0.920. The lowest BCUT2D eigenvalue weighted by Gasteiger charge is -2.24. The molecule has 0 spiro atoms. The molecule has 6 heteroatoms. The van der Waals surface area contributed by atoms with Crippen LogP contribution >= 0.6 is 0 Å². The summed E-state index contributed by atoms with van der Waals surface area (Å²) in [6.07, 6.45) is 0.347. The fourth-order valence-electron chi connectivity index (χ4n) is 2.29. The van der Waals surface area contributed by atoms with Crippen molar-refractivity contribution in [1.29, 1.82) is 0 Å². The fraction of sp³-hybridized carbons (Fsp3) is 0.500. The molecule has 0 aliphatic heterocycles. The molecule has 0 aliphatic rings. The van der Waals surface area contributed by atoms with Gasteiger partial charge in [0.1, 0.15) is 12.1 Å². The summed E-state index contributed by atoms with van der Waals surface area (Å²) in [6, 6.07) is 7.89. The maximum atomic E-state index is 12.6. The Hall–Kier alpha value is -2.37. The summed E-state index contributed by atoms with van der Waals surface area (Å²) in [5, 5.41) is 5.34. The van der Waals surface area contributed by atoms with Crippen LogP contribution in [0, 0.1) is 5.92 Å². The van der Waals surface area contributed by atoms with Crippen molar-refractivity contribution < 1.29 is 19.1 Å². The van der Waals surface area contributed by atoms with Crippen LogP contribution in [0.4, 0.5) is 0 Å². The van der Waals surface area contributed by atoms with Gasteiger partial charge in [0.2, 0.25) is 11.8 Å². The number of nitrogens with one attached hydrogen (secondary N) is 2. The molecule has 2 atom stereocenters. The van der Waals surface area contributed by atoms with Gasteiger partial charge in [0.25, 0.3) is 0 Å². The van der Waals surface area contributed by atoms with Crippen molar-refractivity contribution in [3.8, 4) is 0 Å². The predicted octanol–water partition coefficient (Wildman–Crippen LogP) is 1.44. The Kier molecular flexibility index (Phi) is 7.95. The normalized spacial score (nSPS) is 13.0. The third-order valence-electron chi connectivity index (χ3n) is 3.48. The maximum Gasteiger partial charge on any atom is 0.328 e. The number of hydrogen-bond donors (Lipinski definition) is 2. The van der Waals surface area contributed by atoms with Crippen molar-refractivity contribution in [2.45, 2.75) is 46.2 Å². The van der Waals surface area contributed by atoms with Crippen LogP contribution in [0.1, 0.15) is 33.3 Å². The van der Waals surface area contributed by atoms with Crippen LogP contribution in [0.5, 0.6) is 0 Å². The van der Waals surface area contributed by atoms with Crippen LogP contribution < -0.4 is 10.6 Å². The first-order valence-electron chi connectivity index (χ1n) is 8.13. The first-order chi connectivity index (χ1) is 11.3. The fourth-order valence-corrected chi connectivity index (χ4v) is 2.29. The smallest absolute Gasteiger partial charge is 0.328 e. The van der Waals surface area contributed by atoms with E-state index in [1.165, 1.54) is 6.92 Å². The Labute approximate surface area is 143 Å². The van der Waals surface area contributed by atoms with E-state index < -0.39 is 24.0 Å². The van der Waals surface area contributed by atoms with Crippen molar-refractivity contribution in [3.05, 3.63) is 35.9 Å². The number of carbonyl (C=O) groups is 3. The highest BCUT2D eigenvalue weighted by Crippen LogP contribution is 2.07. The molecule has 0 heterocycles. The second-order valence-corrected chi connectivity index (χ2v) is 5.93. The highest BCUT2D eigenvalue weighted by molar-refractivity contribution is 5.90. The Morgan fingerprint density at radius 3 is 2.21 bits per heavy atom. The zero-order valence-electron chi connectivity index (χ0n) is 14.7. The van der Waals surface area contributed by atoms with E-state index in [9.17, 15) is 14.4 Å². The summed E-state index contributed by atoms with van der Waals surface area (Å²) >= 11 is 0. The lowest BCUT2D eigenvalue weighted by molar-refractivity contribution is -0.149. The molecular formula is C18H26N2O4. The standard InChI is InChI=1S/C18H26N2O4/c1-5-24-18(23)16(12(2)3)20-17(22)15(19-13(4)21)11-14-9-7-6-8-10-14/h6-10,12,15-16H,5,11H2,1-4H3,(H,19,21)(H,20,22)/t15-,16+/m1/s1. The molecule has 0 unspecified atom stereocenters. The molecule has 0 bridgehead atoms. The molecule has 0 saturated heterocycles. The van der Waals surface area contributed by atoms with Crippen LogP contribution in [0.2, 0.25) is 0 Å². The lowest BCUT2D eigenvalue weighted by Crippen LogP contribution is -2.54. The largest absolute Gasteiger partial charge is 0.464 e. The highest BCUT2D eigenvalue weighted by atomic mass is 16.5. The lowest BCUT2D eigenvalue weighted by atomic mass is 10.0. The molecular weight excluding hydrogens is 308 g/mol. The molecule has 1 aromatic carbocycles. The monoisotopic (exact) mass is 334 g/mol. The molecule has 0 aromatic heterocycles. The number of amides is 2. The Balaban J connectivity index is 2.86. The van der Waals surface area contributed by atoms with Crippen LogP contribution in [0.25, 0.3) is 0 Å². The number of ether oxygens (including phenoxy) is 1. The molecule has 1 aromatic rings. The average Bonchev–Trinajstić information content (AvgIpc) is 2.52. The molecule has 0 saturated carbocycles. The number of carbonyl (C=O) groups excluding carboxylic acids is 3. The van der Waals surface area contributed by atoms with Crippen molar-refractivity contribution in [2.24, 2.45) is 5.92 Å². The van der Waals surface area contributed by atoms with Crippen LogP contribution in [0.15, 0.2) is 30.3 Å². The third kappa shape index (κ3) is 6.40. The quantitative estimate of drug-likeness (QED) is 0.705. The highest BCUT2D eigenvalue weighted by Gasteiger charge is 2.29. The van der Waals surface area contributed by atoms with Gasteiger partial charge in [0.05, 0.1) is 6.61 Å². The van der Waals surface area contributed by atoms with E-state index in [0.717, 1.165) is 5.56 Å². The minimum absolute atomic E-state index is 0.122. The SMILES string of the molecule is CCOC(=O)[C@@H](NC(=O)[C@@H](Cc1ccccc1)NC(C)=O)C(C)C. The average molecular weight is 334 g/mol. The van der Waals surface area contributed by atoms with Crippen LogP contribution in [-0.4, -0.2) is 36.5 Å². The van der Waals surface area contributed by atoms with Crippen molar-refractivity contribution >= 4 is 17.8 Å². The molecule has 0 radical (unpaired) electrons. The van der Waals surface area contributed by atoms with E-state index in [1.807, 2.05) is 44.2 Å². The molecule has 0 aliphatic carbocycles.